The fraction of sp³-hybridized carbons (Fsp3) is 0.250. The van der Waals surface area contributed by atoms with Gasteiger partial charge in [0.25, 0.3) is 0 Å². The van der Waals surface area contributed by atoms with E-state index >= 15 is 0 Å². The van der Waals surface area contributed by atoms with Crippen LogP contribution in [0.3, 0.4) is 0 Å². The van der Waals surface area contributed by atoms with E-state index in [-0.39, 0.29) is 0 Å². The fourth-order valence-corrected chi connectivity index (χ4v) is 2.26. The summed E-state index contributed by atoms with van der Waals surface area (Å²) < 4.78 is 2.10. The van der Waals surface area contributed by atoms with Crippen molar-refractivity contribution in [2.75, 3.05) is 0 Å². The van der Waals surface area contributed by atoms with Crippen LogP contribution in [-0.4, -0.2) is 9.55 Å². The van der Waals surface area contributed by atoms with Gasteiger partial charge < -0.3 is 4.57 Å². The molecule has 2 aromatic rings. The van der Waals surface area contributed by atoms with E-state index in [0.717, 1.165) is 18.5 Å². The van der Waals surface area contributed by atoms with E-state index in [0.29, 0.717) is 10.0 Å². The molecule has 0 saturated heterocycles. The third-order valence-electron chi connectivity index (χ3n) is 2.44. The maximum atomic E-state index is 5.95. The normalized spacial score (nSPS) is 10.7. The van der Waals surface area contributed by atoms with Gasteiger partial charge in [-0.15, -0.1) is 0 Å². The summed E-state index contributed by atoms with van der Waals surface area (Å²) in [6.45, 7) is 2.86. The number of halogens is 2. The van der Waals surface area contributed by atoms with E-state index in [1.807, 2.05) is 24.7 Å². The summed E-state index contributed by atoms with van der Waals surface area (Å²) >= 11 is 11.9. The molecule has 16 heavy (non-hydrogen) atoms. The largest absolute Gasteiger partial charge is 0.330 e. The molecule has 0 N–H and O–H groups in total. The second kappa shape index (κ2) is 4.89. The molecule has 0 aliphatic carbocycles. The Hall–Kier alpha value is -0.990. The molecule has 2 rings (SSSR count). The lowest BCUT2D eigenvalue weighted by molar-refractivity contribution is 0.747. The molecule has 1 aromatic heterocycles. The molecule has 1 aromatic carbocycles. The fourth-order valence-electron chi connectivity index (χ4n) is 1.68. The van der Waals surface area contributed by atoms with Crippen LogP contribution in [0.4, 0.5) is 0 Å². The molecule has 0 unspecified atom stereocenters. The topological polar surface area (TPSA) is 17.8 Å². The zero-order valence-corrected chi connectivity index (χ0v) is 10.5. The summed E-state index contributed by atoms with van der Waals surface area (Å²) in [6.07, 6.45) is 4.67. The first-order valence-electron chi connectivity index (χ1n) is 5.13. The quantitative estimate of drug-likeness (QED) is 0.815. The average molecular weight is 255 g/mol. The number of imidazole rings is 1. The molecule has 0 saturated carbocycles. The SMILES string of the molecule is CCc1cncn1Cc1cc(Cl)cc(Cl)c1. The molecule has 4 heteroatoms. The number of rotatable bonds is 3. The van der Waals surface area contributed by atoms with Crippen LogP contribution < -0.4 is 0 Å². The lowest BCUT2D eigenvalue weighted by atomic mass is 10.2. The van der Waals surface area contributed by atoms with E-state index < -0.39 is 0 Å². The Morgan fingerprint density at radius 1 is 1.19 bits per heavy atom. The van der Waals surface area contributed by atoms with Crippen molar-refractivity contribution in [2.24, 2.45) is 0 Å². The van der Waals surface area contributed by atoms with E-state index in [4.69, 9.17) is 23.2 Å². The molecule has 0 aliphatic rings. The van der Waals surface area contributed by atoms with Crippen LogP contribution in [-0.2, 0) is 13.0 Å². The summed E-state index contributed by atoms with van der Waals surface area (Å²) in [4.78, 5) is 4.13. The minimum absolute atomic E-state index is 0.667. The number of benzene rings is 1. The standard InChI is InChI=1S/C12H12Cl2N2/c1-2-12-6-15-8-16(12)7-9-3-10(13)5-11(14)4-9/h3-6,8H,2,7H2,1H3. The first-order chi connectivity index (χ1) is 7.69. The van der Waals surface area contributed by atoms with Gasteiger partial charge in [0.05, 0.1) is 6.33 Å². The van der Waals surface area contributed by atoms with Gasteiger partial charge in [0.15, 0.2) is 0 Å². The Labute approximate surface area is 105 Å². The van der Waals surface area contributed by atoms with Gasteiger partial charge in [-0.25, -0.2) is 4.98 Å². The molecule has 2 nitrogen and oxygen atoms in total. The summed E-state index contributed by atoms with van der Waals surface area (Å²) in [5.74, 6) is 0. The highest BCUT2D eigenvalue weighted by molar-refractivity contribution is 6.34. The zero-order chi connectivity index (χ0) is 11.5. The van der Waals surface area contributed by atoms with E-state index in [1.54, 1.807) is 6.07 Å². The highest BCUT2D eigenvalue weighted by Crippen LogP contribution is 2.20. The predicted octanol–water partition coefficient (Wildman–Crippen LogP) is 3.80. The minimum Gasteiger partial charge on any atom is -0.330 e. The molecule has 0 atom stereocenters. The molecule has 0 aliphatic heterocycles. The minimum atomic E-state index is 0.667. The predicted molar refractivity (Wildman–Crippen MR) is 67.2 cm³/mol. The van der Waals surface area contributed by atoms with Crippen LogP contribution in [0.15, 0.2) is 30.7 Å². The highest BCUT2D eigenvalue weighted by Gasteiger charge is 2.03. The van der Waals surface area contributed by atoms with Gasteiger partial charge in [0.2, 0.25) is 0 Å². The maximum absolute atomic E-state index is 5.95. The number of nitrogens with zero attached hydrogens (tertiary/aromatic N) is 2. The number of aryl methyl sites for hydroxylation is 1. The van der Waals surface area contributed by atoms with Crippen molar-refractivity contribution in [3.05, 3.63) is 52.0 Å². The van der Waals surface area contributed by atoms with Gasteiger partial charge in [-0.05, 0) is 30.2 Å². The van der Waals surface area contributed by atoms with Gasteiger partial charge in [0, 0.05) is 28.5 Å². The Morgan fingerprint density at radius 2 is 1.88 bits per heavy atom. The van der Waals surface area contributed by atoms with Gasteiger partial charge >= 0.3 is 0 Å². The van der Waals surface area contributed by atoms with Gasteiger partial charge in [-0.1, -0.05) is 30.1 Å². The molecule has 0 fully saturated rings. The summed E-state index contributed by atoms with van der Waals surface area (Å²) in [5, 5.41) is 1.33. The first kappa shape index (κ1) is 11.5. The molecule has 84 valence electrons. The molecular weight excluding hydrogens is 243 g/mol. The highest BCUT2D eigenvalue weighted by atomic mass is 35.5. The molecule has 0 amide bonds. The summed E-state index contributed by atoms with van der Waals surface area (Å²) in [5.41, 5.74) is 2.29. The number of hydrogen-bond acceptors (Lipinski definition) is 1. The third kappa shape index (κ3) is 2.57. The second-order valence-electron chi connectivity index (χ2n) is 3.64. The summed E-state index contributed by atoms with van der Waals surface area (Å²) in [6, 6.07) is 5.58. The van der Waals surface area contributed by atoms with Gasteiger partial charge in [-0.2, -0.15) is 0 Å². The van der Waals surface area contributed by atoms with Crippen LogP contribution in [0.1, 0.15) is 18.2 Å². The Bertz CT molecular complexity index is 471. The smallest absolute Gasteiger partial charge is 0.0951 e. The zero-order valence-electron chi connectivity index (χ0n) is 8.95. The van der Waals surface area contributed by atoms with Crippen molar-refractivity contribution in [2.45, 2.75) is 19.9 Å². The van der Waals surface area contributed by atoms with Crippen LogP contribution in [0, 0.1) is 0 Å². The van der Waals surface area contributed by atoms with Crippen LogP contribution in [0.5, 0.6) is 0 Å². The average Bonchev–Trinajstić information content (AvgIpc) is 2.63. The number of hydrogen-bond donors (Lipinski definition) is 0. The van der Waals surface area contributed by atoms with E-state index in [2.05, 4.69) is 16.5 Å². The second-order valence-corrected chi connectivity index (χ2v) is 4.52. The van der Waals surface area contributed by atoms with Crippen molar-refractivity contribution in [3.63, 3.8) is 0 Å². The molecule has 0 radical (unpaired) electrons. The first-order valence-corrected chi connectivity index (χ1v) is 5.88. The van der Waals surface area contributed by atoms with Gasteiger partial charge in [-0.3, -0.25) is 0 Å². The Morgan fingerprint density at radius 3 is 2.50 bits per heavy atom. The van der Waals surface area contributed by atoms with E-state index in [1.165, 1.54) is 5.69 Å². The van der Waals surface area contributed by atoms with Crippen LogP contribution >= 0.6 is 23.2 Å². The maximum Gasteiger partial charge on any atom is 0.0951 e. The molecule has 0 bridgehead atoms. The van der Waals surface area contributed by atoms with Crippen molar-refractivity contribution < 1.29 is 0 Å². The Kier molecular flexibility index (Phi) is 3.52. The lowest BCUT2D eigenvalue weighted by Gasteiger charge is -2.07. The van der Waals surface area contributed by atoms with Crippen molar-refractivity contribution >= 4 is 23.2 Å². The monoisotopic (exact) mass is 254 g/mol. The van der Waals surface area contributed by atoms with Gasteiger partial charge in [0.1, 0.15) is 0 Å². The van der Waals surface area contributed by atoms with Crippen LogP contribution in [0.2, 0.25) is 10.0 Å². The molecular formula is C12H12Cl2N2. The number of aromatic nitrogens is 2. The lowest BCUT2D eigenvalue weighted by Crippen LogP contribution is -2.02. The van der Waals surface area contributed by atoms with Crippen molar-refractivity contribution in [3.8, 4) is 0 Å². The molecule has 0 spiro atoms. The van der Waals surface area contributed by atoms with Crippen LogP contribution in [0.25, 0.3) is 0 Å². The van der Waals surface area contributed by atoms with Crippen molar-refractivity contribution in [1.82, 2.24) is 9.55 Å². The Balaban J connectivity index is 2.26. The van der Waals surface area contributed by atoms with Crippen molar-refractivity contribution in [1.29, 1.82) is 0 Å². The third-order valence-corrected chi connectivity index (χ3v) is 2.87. The molecule has 1 heterocycles. The summed E-state index contributed by atoms with van der Waals surface area (Å²) in [7, 11) is 0. The van der Waals surface area contributed by atoms with E-state index in [9.17, 15) is 0 Å².